The molecular weight excluding hydrogens is 194 g/mol. The highest BCUT2D eigenvalue weighted by atomic mass is 35.5. The van der Waals surface area contributed by atoms with Crippen LogP contribution in [0.1, 0.15) is 11.3 Å². The number of benzene rings is 1. The third-order valence-corrected chi connectivity index (χ3v) is 3.05. The third-order valence-electron chi connectivity index (χ3n) is 2.58. The lowest BCUT2D eigenvalue weighted by atomic mass is 10.2. The lowest BCUT2D eigenvalue weighted by molar-refractivity contribution is 0.954. The van der Waals surface area contributed by atoms with Crippen LogP contribution in [0.3, 0.4) is 0 Å². The van der Waals surface area contributed by atoms with Gasteiger partial charge in [-0.2, -0.15) is 0 Å². The van der Waals surface area contributed by atoms with Gasteiger partial charge in [-0.05, 0) is 24.6 Å². The highest BCUT2D eigenvalue weighted by Crippen LogP contribution is 2.29. The van der Waals surface area contributed by atoms with Gasteiger partial charge in [0.25, 0.3) is 0 Å². The maximum absolute atomic E-state index is 6.25. The third kappa shape index (κ3) is 1.17. The molecule has 0 aliphatic carbocycles. The van der Waals surface area contributed by atoms with E-state index in [-0.39, 0.29) is 0 Å². The lowest BCUT2D eigenvalue weighted by Crippen LogP contribution is -1.91. The fourth-order valence-corrected chi connectivity index (χ4v) is 2.02. The Morgan fingerprint density at radius 1 is 1.43 bits per heavy atom. The van der Waals surface area contributed by atoms with Crippen LogP contribution >= 0.6 is 11.6 Å². The van der Waals surface area contributed by atoms with Gasteiger partial charge in [-0.25, -0.2) is 0 Å². The number of nitrogens with zero attached hydrogens (tertiary/aromatic N) is 1. The number of aromatic nitrogens is 1. The van der Waals surface area contributed by atoms with E-state index < -0.39 is 0 Å². The first kappa shape index (κ1) is 9.35. The number of halogens is 1. The van der Waals surface area contributed by atoms with Gasteiger partial charge in [0.15, 0.2) is 0 Å². The summed E-state index contributed by atoms with van der Waals surface area (Å²) in [5.74, 6) is 0. The topological polar surface area (TPSA) is 4.93 Å². The zero-order valence-corrected chi connectivity index (χ0v) is 9.10. The molecule has 0 N–H and O–H groups in total. The molecule has 14 heavy (non-hydrogen) atoms. The van der Waals surface area contributed by atoms with E-state index in [0.29, 0.717) is 0 Å². The molecule has 0 aliphatic heterocycles. The van der Waals surface area contributed by atoms with Crippen molar-refractivity contribution in [2.75, 3.05) is 0 Å². The smallest absolute Gasteiger partial charge is 0.0678 e. The van der Waals surface area contributed by atoms with Crippen LogP contribution in [0, 0.1) is 6.92 Å². The van der Waals surface area contributed by atoms with E-state index in [4.69, 9.17) is 11.6 Å². The highest BCUT2D eigenvalue weighted by molar-refractivity contribution is 6.36. The van der Waals surface area contributed by atoms with Crippen molar-refractivity contribution in [3.63, 3.8) is 0 Å². The van der Waals surface area contributed by atoms with Crippen molar-refractivity contribution in [1.29, 1.82) is 0 Å². The fraction of sp³-hybridized carbons (Fsp3) is 0.167. The Morgan fingerprint density at radius 3 is 2.79 bits per heavy atom. The van der Waals surface area contributed by atoms with Gasteiger partial charge in [0.2, 0.25) is 0 Å². The van der Waals surface area contributed by atoms with E-state index in [1.54, 1.807) is 0 Å². The molecule has 0 fully saturated rings. The van der Waals surface area contributed by atoms with Crippen LogP contribution in [0.2, 0.25) is 5.02 Å². The number of hydrogen-bond donors (Lipinski definition) is 0. The molecule has 2 aromatic rings. The largest absolute Gasteiger partial charge is 0.343 e. The quantitative estimate of drug-likeness (QED) is 0.668. The molecule has 0 saturated heterocycles. The molecule has 1 aromatic carbocycles. The Kier molecular flexibility index (Phi) is 2.12. The van der Waals surface area contributed by atoms with E-state index in [1.165, 1.54) is 0 Å². The van der Waals surface area contributed by atoms with E-state index in [0.717, 1.165) is 27.2 Å². The molecule has 0 radical (unpaired) electrons. The number of aryl methyl sites for hydroxylation is 2. The Balaban J connectivity index is 2.93. The summed E-state index contributed by atoms with van der Waals surface area (Å²) in [4.78, 5) is 0. The number of rotatable bonds is 1. The molecule has 2 rings (SSSR count). The predicted octanol–water partition coefficient (Wildman–Crippen LogP) is 3.78. The van der Waals surface area contributed by atoms with E-state index in [1.807, 2.05) is 26.1 Å². The summed E-state index contributed by atoms with van der Waals surface area (Å²) < 4.78 is 2.07. The molecule has 0 unspecified atom stereocenters. The lowest BCUT2D eigenvalue weighted by Gasteiger charge is -2.03. The van der Waals surface area contributed by atoms with Crippen molar-refractivity contribution in [3.05, 3.63) is 41.1 Å². The van der Waals surface area contributed by atoms with Crippen LogP contribution < -0.4 is 0 Å². The van der Waals surface area contributed by atoms with Crippen LogP contribution in [0.15, 0.2) is 24.8 Å². The summed E-state index contributed by atoms with van der Waals surface area (Å²) >= 11 is 6.25. The molecule has 1 nitrogen and oxygen atoms in total. The van der Waals surface area contributed by atoms with Gasteiger partial charge in [0.1, 0.15) is 0 Å². The summed E-state index contributed by atoms with van der Waals surface area (Å²) in [5.41, 5.74) is 3.28. The monoisotopic (exact) mass is 205 g/mol. The Morgan fingerprint density at radius 2 is 2.14 bits per heavy atom. The van der Waals surface area contributed by atoms with Gasteiger partial charge >= 0.3 is 0 Å². The first-order valence-corrected chi connectivity index (χ1v) is 4.90. The average molecular weight is 206 g/mol. The maximum atomic E-state index is 6.25. The Bertz CT molecular complexity index is 509. The summed E-state index contributed by atoms with van der Waals surface area (Å²) in [6.07, 6.45) is 1.84. The van der Waals surface area contributed by atoms with Crippen LogP contribution in [-0.2, 0) is 7.05 Å². The molecule has 0 spiro atoms. The van der Waals surface area contributed by atoms with Gasteiger partial charge in [0.05, 0.1) is 10.5 Å². The summed E-state index contributed by atoms with van der Waals surface area (Å²) in [6, 6.07) is 6.22. The molecular formula is C12H12ClN. The van der Waals surface area contributed by atoms with Crippen LogP contribution in [-0.4, -0.2) is 4.57 Å². The second kappa shape index (κ2) is 3.18. The SMILES string of the molecule is C=Cc1cc2ccc(C)c(Cl)c2n1C. The Labute approximate surface area is 88.6 Å². The predicted molar refractivity (Wildman–Crippen MR) is 62.8 cm³/mol. The van der Waals surface area contributed by atoms with Gasteiger partial charge in [0, 0.05) is 18.1 Å². The van der Waals surface area contributed by atoms with Crippen molar-refractivity contribution in [2.24, 2.45) is 7.05 Å². The molecule has 72 valence electrons. The van der Waals surface area contributed by atoms with Crippen LogP contribution in [0.25, 0.3) is 17.0 Å². The summed E-state index contributed by atoms with van der Waals surface area (Å²) in [6.45, 7) is 5.79. The second-order valence-corrected chi connectivity index (χ2v) is 3.84. The first-order valence-electron chi connectivity index (χ1n) is 4.52. The minimum atomic E-state index is 0.832. The standard InChI is InChI=1S/C12H12ClN/c1-4-10-7-9-6-5-8(2)11(13)12(9)14(10)3/h4-7H,1H2,2-3H3. The molecule has 0 aliphatic rings. The second-order valence-electron chi connectivity index (χ2n) is 3.47. The van der Waals surface area contributed by atoms with Gasteiger partial charge < -0.3 is 4.57 Å². The van der Waals surface area contributed by atoms with Gasteiger partial charge in [-0.1, -0.05) is 30.3 Å². The van der Waals surface area contributed by atoms with E-state index >= 15 is 0 Å². The minimum absolute atomic E-state index is 0.832. The van der Waals surface area contributed by atoms with Crippen molar-refractivity contribution >= 4 is 28.6 Å². The number of fused-ring (bicyclic) bond motifs is 1. The van der Waals surface area contributed by atoms with Crippen LogP contribution in [0.5, 0.6) is 0 Å². The summed E-state index contributed by atoms with van der Waals surface area (Å²) in [7, 11) is 2.00. The van der Waals surface area contributed by atoms with Crippen molar-refractivity contribution in [3.8, 4) is 0 Å². The molecule has 0 bridgehead atoms. The van der Waals surface area contributed by atoms with Crippen molar-refractivity contribution in [1.82, 2.24) is 4.57 Å². The molecule has 0 amide bonds. The minimum Gasteiger partial charge on any atom is -0.343 e. The highest BCUT2D eigenvalue weighted by Gasteiger charge is 2.08. The van der Waals surface area contributed by atoms with Gasteiger partial charge in [-0.3, -0.25) is 0 Å². The molecule has 0 atom stereocenters. The first-order chi connectivity index (χ1) is 6.65. The molecule has 0 saturated carbocycles. The van der Waals surface area contributed by atoms with Crippen molar-refractivity contribution < 1.29 is 0 Å². The normalized spacial score (nSPS) is 10.8. The van der Waals surface area contributed by atoms with Gasteiger partial charge in [-0.15, -0.1) is 0 Å². The van der Waals surface area contributed by atoms with Crippen molar-refractivity contribution in [2.45, 2.75) is 6.92 Å². The molecule has 2 heteroatoms. The summed E-state index contributed by atoms with van der Waals surface area (Å²) in [5, 5.41) is 2.00. The molecule has 1 aromatic heterocycles. The molecule has 1 heterocycles. The zero-order valence-electron chi connectivity index (χ0n) is 8.34. The van der Waals surface area contributed by atoms with Crippen LogP contribution in [0.4, 0.5) is 0 Å². The Hall–Kier alpha value is -1.21. The zero-order chi connectivity index (χ0) is 10.3. The average Bonchev–Trinajstić information content (AvgIpc) is 2.50. The fourth-order valence-electron chi connectivity index (χ4n) is 1.72. The number of hydrogen-bond acceptors (Lipinski definition) is 0. The maximum Gasteiger partial charge on any atom is 0.0678 e. The van der Waals surface area contributed by atoms with E-state index in [9.17, 15) is 0 Å². The van der Waals surface area contributed by atoms with E-state index in [2.05, 4.69) is 23.3 Å².